The second-order valence-corrected chi connectivity index (χ2v) is 8.27. The van der Waals surface area contributed by atoms with Crippen LogP contribution >= 0.6 is 0 Å². The van der Waals surface area contributed by atoms with Crippen molar-refractivity contribution < 1.29 is 9.52 Å². The van der Waals surface area contributed by atoms with E-state index in [0.717, 1.165) is 49.4 Å². The van der Waals surface area contributed by atoms with Gasteiger partial charge in [-0.3, -0.25) is 9.80 Å². The maximum atomic E-state index is 10.1. The van der Waals surface area contributed by atoms with Gasteiger partial charge in [-0.05, 0) is 31.5 Å². The molecule has 0 saturated carbocycles. The molecule has 0 amide bonds. The van der Waals surface area contributed by atoms with Gasteiger partial charge in [0.25, 0.3) is 0 Å². The molecule has 2 fully saturated rings. The molecule has 2 aliphatic rings. The van der Waals surface area contributed by atoms with Gasteiger partial charge in [0, 0.05) is 54.6 Å². The smallest absolute Gasteiger partial charge is 0.181 e. The minimum Gasteiger partial charge on any atom is -0.451 e. The Bertz CT molecular complexity index is 932. The number of rotatable bonds is 5. The average Bonchev–Trinajstić information content (AvgIpc) is 3.30. The lowest BCUT2D eigenvalue weighted by atomic mass is 9.74. The Kier molecular flexibility index (Phi) is 5.57. The molecule has 0 unspecified atom stereocenters. The molecule has 30 heavy (non-hydrogen) atoms. The number of hydrogen-bond donors (Lipinski definition) is 1. The predicted molar refractivity (Wildman–Crippen MR) is 113 cm³/mol. The van der Waals surface area contributed by atoms with Gasteiger partial charge >= 0.3 is 0 Å². The number of nitrogens with zero attached hydrogens (tertiary/aromatic N) is 5. The Balaban J connectivity index is 1.36. The van der Waals surface area contributed by atoms with Gasteiger partial charge < -0.3 is 9.52 Å². The lowest BCUT2D eigenvalue weighted by molar-refractivity contribution is -0.0655. The Hall–Kier alpha value is -2.61. The van der Waals surface area contributed by atoms with Crippen LogP contribution in [0.25, 0.3) is 11.3 Å². The van der Waals surface area contributed by atoms with E-state index in [2.05, 4.69) is 49.0 Å². The third-order valence-electron chi connectivity index (χ3n) is 6.50. The Morgan fingerprint density at radius 3 is 2.60 bits per heavy atom. The lowest BCUT2D eigenvalue weighted by Crippen LogP contribution is -2.67. The van der Waals surface area contributed by atoms with E-state index in [1.165, 1.54) is 18.4 Å². The number of aromatic nitrogens is 3. The first-order valence-corrected chi connectivity index (χ1v) is 10.6. The van der Waals surface area contributed by atoms with Crippen LogP contribution in [0.5, 0.6) is 0 Å². The zero-order valence-corrected chi connectivity index (χ0v) is 17.0. The topological polar surface area (TPSA) is 78.5 Å². The van der Waals surface area contributed by atoms with Crippen LogP contribution in [0.2, 0.25) is 0 Å². The highest BCUT2D eigenvalue weighted by molar-refractivity contribution is 5.58. The first-order chi connectivity index (χ1) is 14.8. The van der Waals surface area contributed by atoms with Crippen molar-refractivity contribution in [1.29, 1.82) is 0 Å². The van der Waals surface area contributed by atoms with Crippen molar-refractivity contribution in [3.05, 3.63) is 66.8 Å². The third-order valence-corrected chi connectivity index (χ3v) is 6.50. The summed E-state index contributed by atoms with van der Waals surface area (Å²) in [5, 5.41) is 10.1. The maximum Gasteiger partial charge on any atom is 0.181 e. The lowest BCUT2D eigenvalue weighted by Gasteiger charge is -2.57. The number of hydrogen-bond acceptors (Lipinski definition) is 7. The summed E-state index contributed by atoms with van der Waals surface area (Å²) in [7, 11) is 0. The van der Waals surface area contributed by atoms with Gasteiger partial charge in [0.2, 0.25) is 0 Å². The van der Waals surface area contributed by atoms with E-state index in [1.54, 1.807) is 12.6 Å². The zero-order valence-electron chi connectivity index (χ0n) is 17.0. The van der Waals surface area contributed by atoms with Gasteiger partial charge in [-0.25, -0.2) is 15.0 Å². The monoisotopic (exact) mass is 405 g/mol. The van der Waals surface area contributed by atoms with Crippen LogP contribution in [0, 0.1) is 0 Å². The van der Waals surface area contributed by atoms with Crippen LogP contribution in [-0.4, -0.2) is 68.2 Å². The molecule has 0 aliphatic carbocycles. The van der Waals surface area contributed by atoms with Gasteiger partial charge in [0.15, 0.2) is 6.39 Å². The van der Waals surface area contributed by atoms with Crippen molar-refractivity contribution in [2.75, 3.05) is 26.2 Å². The van der Waals surface area contributed by atoms with Crippen molar-refractivity contribution in [3.8, 4) is 11.3 Å². The summed E-state index contributed by atoms with van der Waals surface area (Å²) >= 11 is 0. The number of aliphatic hydroxyl groups excluding tert-OH is 1. The number of aliphatic hydroxyl groups is 1. The fraction of sp³-hybridized carbons (Fsp3) is 0.435. The highest BCUT2D eigenvalue weighted by atomic mass is 16.3. The van der Waals surface area contributed by atoms with Gasteiger partial charge in [-0.1, -0.05) is 24.3 Å². The third kappa shape index (κ3) is 3.76. The number of fused-ring (bicyclic) bond motifs is 1. The normalized spacial score (nSPS) is 25.2. The molecule has 156 valence electrons. The summed E-state index contributed by atoms with van der Waals surface area (Å²) in [5.41, 5.74) is 4.33. The van der Waals surface area contributed by atoms with Crippen LogP contribution in [0.3, 0.4) is 0 Å². The van der Waals surface area contributed by atoms with E-state index in [0.29, 0.717) is 12.0 Å². The average molecular weight is 406 g/mol. The molecule has 0 spiro atoms. The van der Waals surface area contributed by atoms with Crippen LogP contribution in [0.4, 0.5) is 0 Å². The van der Waals surface area contributed by atoms with Gasteiger partial charge in [-0.15, -0.1) is 0 Å². The molecule has 3 atom stereocenters. The van der Waals surface area contributed by atoms with E-state index in [-0.39, 0.29) is 12.6 Å². The van der Waals surface area contributed by atoms with E-state index in [9.17, 15) is 5.11 Å². The highest BCUT2D eigenvalue weighted by Crippen LogP contribution is 2.42. The molecule has 1 aromatic carbocycles. The Morgan fingerprint density at radius 2 is 1.87 bits per heavy atom. The Morgan fingerprint density at radius 1 is 1.07 bits per heavy atom. The zero-order chi connectivity index (χ0) is 20.3. The molecule has 3 aromatic rings. The van der Waals surface area contributed by atoms with Crippen molar-refractivity contribution in [1.82, 2.24) is 24.8 Å². The minimum atomic E-state index is 0.188. The summed E-state index contributed by atoms with van der Waals surface area (Å²) in [6.45, 7) is 4.19. The van der Waals surface area contributed by atoms with Crippen molar-refractivity contribution in [3.63, 3.8) is 0 Å². The van der Waals surface area contributed by atoms with Crippen LogP contribution in [0.15, 0.2) is 60.1 Å². The molecular formula is C23H27N5O2. The molecule has 5 rings (SSSR count). The molecule has 7 nitrogen and oxygen atoms in total. The highest BCUT2D eigenvalue weighted by Gasteiger charge is 2.49. The SMILES string of the molecule is OC[C@H]1[C@H](c2ccc(-c3cocn3)cc2)[C@@H]2CN(Cc3cncnc3)CCCCN12. The first-order valence-electron chi connectivity index (χ1n) is 10.6. The molecule has 0 bridgehead atoms. The molecule has 2 aliphatic heterocycles. The van der Waals surface area contributed by atoms with Gasteiger partial charge in [0.1, 0.15) is 18.3 Å². The summed E-state index contributed by atoms with van der Waals surface area (Å²) in [5.74, 6) is 0.328. The summed E-state index contributed by atoms with van der Waals surface area (Å²) in [6, 6.07) is 9.17. The molecule has 7 heteroatoms. The van der Waals surface area contributed by atoms with Crippen LogP contribution in [0.1, 0.15) is 29.9 Å². The molecular weight excluding hydrogens is 378 g/mol. The summed E-state index contributed by atoms with van der Waals surface area (Å²) < 4.78 is 5.11. The second kappa shape index (κ2) is 8.63. The van der Waals surface area contributed by atoms with Crippen LogP contribution < -0.4 is 0 Å². The molecule has 1 N–H and O–H groups in total. The predicted octanol–water partition coefficient (Wildman–Crippen LogP) is 2.56. The van der Waals surface area contributed by atoms with Crippen LogP contribution in [-0.2, 0) is 6.54 Å². The number of benzene rings is 1. The fourth-order valence-electron chi connectivity index (χ4n) is 5.06. The van der Waals surface area contributed by atoms with Crippen molar-refractivity contribution in [2.24, 2.45) is 0 Å². The number of oxazole rings is 1. The molecule has 4 heterocycles. The maximum absolute atomic E-state index is 10.1. The van der Waals surface area contributed by atoms with E-state index in [1.807, 2.05) is 12.4 Å². The van der Waals surface area contributed by atoms with Crippen molar-refractivity contribution in [2.45, 2.75) is 37.4 Å². The second-order valence-electron chi connectivity index (χ2n) is 8.27. The van der Waals surface area contributed by atoms with E-state index < -0.39 is 0 Å². The van der Waals surface area contributed by atoms with E-state index in [4.69, 9.17) is 4.42 Å². The minimum absolute atomic E-state index is 0.188. The molecule has 2 aromatic heterocycles. The fourth-order valence-corrected chi connectivity index (χ4v) is 5.06. The summed E-state index contributed by atoms with van der Waals surface area (Å²) in [4.78, 5) is 17.6. The van der Waals surface area contributed by atoms with Gasteiger partial charge in [0.05, 0.1) is 6.61 Å². The van der Waals surface area contributed by atoms with E-state index >= 15 is 0 Å². The van der Waals surface area contributed by atoms with Gasteiger partial charge in [-0.2, -0.15) is 0 Å². The largest absolute Gasteiger partial charge is 0.451 e. The standard InChI is InChI=1S/C23H27N5O2/c29-13-22-23(19-5-3-18(4-6-19)20-14-30-16-26-20)21-12-27(7-1-2-8-28(21)22)11-17-9-24-15-25-10-17/h3-6,9-10,14-16,21-23,29H,1-2,7-8,11-13H2/t21-,22-,23+/m0/s1. The quantitative estimate of drug-likeness (QED) is 0.699. The first kappa shape index (κ1) is 19.4. The van der Waals surface area contributed by atoms with Crippen molar-refractivity contribution >= 4 is 0 Å². The molecule has 0 radical (unpaired) electrons. The molecule has 2 saturated heterocycles. The summed E-state index contributed by atoms with van der Waals surface area (Å²) in [6.07, 6.45) is 10.8. The Labute approximate surface area is 176 Å².